The minimum absolute atomic E-state index is 0.199. The van der Waals surface area contributed by atoms with Gasteiger partial charge in [0.15, 0.2) is 0 Å². The summed E-state index contributed by atoms with van der Waals surface area (Å²) in [5, 5.41) is 7.71. The summed E-state index contributed by atoms with van der Waals surface area (Å²) < 4.78 is 5.40. The molecule has 0 saturated heterocycles. The van der Waals surface area contributed by atoms with E-state index in [9.17, 15) is 0 Å². The molecule has 0 spiro atoms. The third-order valence-electron chi connectivity index (χ3n) is 1.67. The number of rotatable bonds is 5. The normalized spacial score (nSPS) is 9.79. The Bertz CT molecular complexity index is 297. The van der Waals surface area contributed by atoms with Gasteiger partial charge in [-0.05, 0) is 30.7 Å². The first-order chi connectivity index (χ1) is 6.68. The number of benzene rings is 1. The molecule has 14 heavy (non-hydrogen) atoms. The average Bonchev–Trinajstić information content (AvgIpc) is 2.15. The summed E-state index contributed by atoms with van der Waals surface area (Å²) in [6.07, 6.45) is 1.34. The van der Waals surface area contributed by atoms with Crippen molar-refractivity contribution in [2.24, 2.45) is 5.73 Å². The summed E-state index contributed by atoms with van der Waals surface area (Å²) in [5.74, 6) is 0.989. The predicted octanol–water partition coefficient (Wildman–Crippen LogP) is 2.43. The highest BCUT2D eigenvalue weighted by atomic mass is 35.5. The molecule has 0 radical (unpaired) electrons. The summed E-state index contributed by atoms with van der Waals surface area (Å²) >= 11 is 5.71. The maximum absolute atomic E-state index is 7.01. The third-order valence-corrected chi connectivity index (χ3v) is 1.92. The lowest BCUT2D eigenvalue weighted by Gasteiger charge is -2.05. The molecule has 0 bridgehead atoms. The summed E-state index contributed by atoms with van der Waals surface area (Å²) in [7, 11) is 0. The van der Waals surface area contributed by atoms with Crippen LogP contribution in [0.2, 0.25) is 5.02 Å². The molecule has 0 fully saturated rings. The highest BCUT2D eigenvalue weighted by Crippen LogP contribution is 2.15. The lowest BCUT2D eigenvalue weighted by atomic mass is 10.3. The molecule has 0 atom stereocenters. The average molecular weight is 213 g/mol. The van der Waals surface area contributed by atoms with E-state index in [0.29, 0.717) is 18.1 Å². The van der Waals surface area contributed by atoms with E-state index in [2.05, 4.69) is 0 Å². The van der Waals surface area contributed by atoms with E-state index in [1.54, 1.807) is 12.1 Å². The first-order valence-corrected chi connectivity index (χ1v) is 4.77. The van der Waals surface area contributed by atoms with Gasteiger partial charge in [-0.2, -0.15) is 0 Å². The van der Waals surface area contributed by atoms with Crippen molar-refractivity contribution in [2.45, 2.75) is 12.8 Å². The standard InChI is InChI=1S/C10H13ClN2O/c11-8-3-5-9(6-4-8)14-7-1-2-10(12)13/h3-6H,1-2,7H2,(H3,12,13). The molecule has 3 nitrogen and oxygen atoms in total. The SMILES string of the molecule is N=C(N)CCCOc1ccc(Cl)cc1. The van der Waals surface area contributed by atoms with Crippen LogP contribution in [0.25, 0.3) is 0 Å². The zero-order valence-corrected chi connectivity index (χ0v) is 8.55. The van der Waals surface area contributed by atoms with E-state index in [4.69, 9.17) is 27.5 Å². The Labute approximate surface area is 88.3 Å². The van der Waals surface area contributed by atoms with Gasteiger partial charge in [-0.3, -0.25) is 5.41 Å². The molecule has 0 saturated carbocycles. The topological polar surface area (TPSA) is 59.1 Å². The zero-order valence-electron chi connectivity index (χ0n) is 7.79. The molecular formula is C10H13ClN2O. The van der Waals surface area contributed by atoms with Gasteiger partial charge in [0.05, 0.1) is 12.4 Å². The highest BCUT2D eigenvalue weighted by molar-refractivity contribution is 6.30. The van der Waals surface area contributed by atoms with Crippen molar-refractivity contribution in [2.75, 3.05) is 6.61 Å². The van der Waals surface area contributed by atoms with Crippen LogP contribution < -0.4 is 10.5 Å². The number of nitrogens with two attached hydrogens (primary N) is 1. The van der Waals surface area contributed by atoms with Crippen LogP contribution in [-0.4, -0.2) is 12.4 Å². The van der Waals surface area contributed by atoms with Gasteiger partial charge in [-0.1, -0.05) is 11.6 Å². The summed E-state index contributed by atoms with van der Waals surface area (Å²) in [6, 6.07) is 7.19. The highest BCUT2D eigenvalue weighted by Gasteiger charge is 1.94. The smallest absolute Gasteiger partial charge is 0.119 e. The van der Waals surface area contributed by atoms with Crippen molar-refractivity contribution < 1.29 is 4.74 Å². The van der Waals surface area contributed by atoms with E-state index in [1.807, 2.05) is 12.1 Å². The molecule has 0 amide bonds. The van der Waals surface area contributed by atoms with Gasteiger partial charge >= 0.3 is 0 Å². The molecule has 0 aromatic heterocycles. The lowest BCUT2D eigenvalue weighted by molar-refractivity contribution is 0.313. The number of hydrogen-bond donors (Lipinski definition) is 2. The van der Waals surface area contributed by atoms with Crippen LogP contribution in [0.4, 0.5) is 0 Å². The van der Waals surface area contributed by atoms with Crippen LogP contribution in [-0.2, 0) is 0 Å². The van der Waals surface area contributed by atoms with Gasteiger partial charge in [-0.25, -0.2) is 0 Å². The molecule has 4 heteroatoms. The van der Waals surface area contributed by atoms with E-state index in [-0.39, 0.29) is 5.84 Å². The summed E-state index contributed by atoms with van der Waals surface area (Å²) in [5.41, 5.74) is 5.20. The van der Waals surface area contributed by atoms with Gasteiger partial charge in [0.1, 0.15) is 5.75 Å². The van der Waals surface area contributed by atoms with Gasteiger partial charge in [-0.15, -0.1) is 0 Å². The number of halogens is 1. The molecule has 0 unspecified atom stereocenters. The van der Waals surface area contributed by atoms with Gasteiger partial charge in [0.2, 0.25) is 0 Å². The maximum Gasteiger partial charge on any atom is 0.119 e. The van der Waals surface area contributed by atoms with Gasteiger partial charge in [0.25, 0.3) is 0 Å². The molecule has 1 aromatic rings. The Morgan fingerprint density at radius 2 is 2.00 bits per heavy atom. The van der Waals surface area contributed by atoms with Crippen LogP contribution >= 0.6 is 11.6 Å². The number of ether oxygens (including phenoxy) is 1. The zero-order chi connectivity index (χ0) is 10.4. The lowest BCUT2D eigenvalue weighted by Crippen LogP contribution is -2.10. The first-order valence-electron chi connectivity index (χ1n) is 4.40. The van der Waals surface area contributed by atoms with Crippen LogP contribution in [0.15, 0.2) is 24.3 Å². The van der Waals surface area contributed by atoms with Gasteiger partial charge < -0.3 is 10.5 Å². The molecule has 3 N–H and O–H groups in total. The molecule has 76 valence electrons. The Kier molecular flexibility index (Phi) is 4.26. The Morgan fingerprint density at radius 1 is 1.36 bits per heavy atom. The molecule has 1 rings (SSSR count). The van der Waals surface area contributed by atoms with Crippen LogP contribution in [0.3, 0.4) is 0 Å². The minimum Gasteiger partial charge on any atom is -0.494 e. The van der Waals surface area contributed by atoms with Crippen LogP contribution in [0.1, 0.15) is 12.8 Å². The minimum atomic E-state index is 0.199. The summed E-state index contributed by atoms with van der Waals surface area (Å²) in [6.45, 7) is 0.571. The second-order valence-corrected chi connectivity index (χ2v) is 3.37. The molecule has 1 aromatic carbocycles. The van der Waals surface area contributed by atoms with Crippen molar-refractivity contribution in [1.29, 1.82) is 5.41 Å². The predicted molar refractivity (Wildman–Crippen MR) is 58.1 cm³/mol. The number of nitrogens with one attached hydrogen (secondary N) is 1. The van der Waals surface area contributed by atoms with Gasteiger partial charge in [0, 0.05) is 11.4 Å². The maximum atomic E-state index is 7.01. The van der Waals surface area contributed by atoms with Crippen molar-refractivity contribution in [3.8, 4) is 5.75 Å². The van der Waals surface area contributed by atoms with E-state index in [0.717, 1.165) is 12.2 Å². The Morgan fingerprint density at radius 3 is 2.57 bits per heavy atom. The van der Waals surface area contributed by atoms with E-state index >= 15 is 0 Å². The second-order valence-electron chi connectivity index (χ2n) is 2.93. The fourth-order valence-corrected chi connectivity index (χ4v) is 1.11. The van der Waals surface area contributed by atoms with Crippen molar-refractivity contribution in [3.05, 3.63) is 29.3 Å². The quantitative estimate of drug-likeness (QED) is 0.448. The van der Waals surface area contributed by atoms with E-state index < -0.39 is 0 Å². The van der Waals surface area contributed by atoms with E-state index in [1.165, 1.54) is 0 Å². The fraction of sp³-hybridized carbons (Fsp3) is 0.300. The molecule has 0 aliphatic heterocycles. The largest absolute Gasteiger partial charge is 0.494 e. The second kappa shape index (κ2) is 5.50. The third kappa shape index (κ3) is 4.14. The van der Waals surface area contributed by atoms with Crippen molar-refractivity contribution in [1.82, 2.24) is 0 Å². The van der Waals surface area contributed by atoms with Crippen molar-refractivity contribution >= 4 is 17.4 Å². The Hall–Kier alpha value is -1.22. The summed E-state index contributed by atoms with van der Waals surface area (Å²) in [4.78, 5) is 0. The Balaban J connectivity index is 2.25. The van der Waals surface area contributed by atoms with Crippen LogP contribution in [0, 0.1) is 5.41 Å². The van der Waals surface area contributed by atoms with Crippen molar-refractivity contribution in [3.63, 3.8) is 0 Å². The number of hydrogen-bond acceptors (Lipinski definition) is 2. The molecular weight excluding hydrogens is 200 g/mol. The van der Waals surface area contributed by atoms with Crippen LogP contribution in [0.5, 0.6) is 5.75 Å². The molecule has 0 heterocycles. The fourth-order valence-electron chi connectivity index (χ4n) is 0.983. The molecule has 0 aliphatic carbocycles. The first kappa shape index (κ1) is 10.9. The number of amidine groups is 1. The molecule has 0 aliphatic rings. The monoisotopic (exact) mass is 212 g/mol.